The first-order valence-corrected chi connectivity index (χ1v) is 18.0. The summed E-state index contributed by atoms with van der Waals surface area (Å²) in [7, 11) is 0. The van der Waals surface area contributed by atoms with Gasteiger partial charge in [0.25, 0.3) is 0 Å². The van der Waals surface area contributed by atoms with Gasteiger partial charge in [0, 0.05) is 10.8 Å². The zero-order valence-corrected chi connectivity index (χ0v) is 27.6. The Kier molecular flexibility index (Phi) is 6.33. The minimum atomic E-state index is 1.24. The van der Waals surface area contributed by atoms with Crippen LogP contribution in [0.3, 0.4) is 0 Å². The molecule has 0 radical (unpaired) electrons. The molecular weight excluding hydrogens is 617 g/mol. The lowest BCUT2D eigenvalue weighted by Crippen LogP contribution is -1.95. The average Bonchev–Trinajstić information content (AvgIpc) is 3.15. The Bertz CT molecular complexity index is 2590. The Balaban J connectivity index is 1.46. The van der Waals surface area contributed by atoms with E-state index in [9.17, 15) is 0 Å². The average molecular weight is 645 g/mol. The van der Waals surface area contributed by atoms with Crippen LogP contribution in [0.15, 0.2) is 170 Å². The molecule has 0 atom stereocenters. The number of rotatable bonds is 3. The van der Waals surface area contributed by atoms with Crippen molar-refractivity contribution in [2.45, 2.75) is 0 Å². The number of fused-ring (bicyclic) bond motifs is 6. The molecule has 0 fully saturated rings. The molecule has 0 saturated carbocycles. The van der Waals surface area contributed by atoms with Gasteiger partial charge in [0.15, 0.2) is 0 Å². The summed E-state index contributed by atoms with van der Waals surface area (Å²) in [5.41, 5.74) is 7.69. The highest BCUT2D eigenvalue weighted by Gasteiger charge is 2.29. The smallest absolute Gasteiger partial charge is 0.0751 e. The van der Waals surface area contributed by atoms with Crippen molar-refractivity contribution in [1.29, 1.82) is 0 Å². The third kappa shape index (κ3) is 4.20. The van der Waals surface area contributed by atoms with Crippen LogP contribution in [0, 0.1) is 0 Å². The van der Waals surface area contributed by atoms with Gasteiger partial charge in [0.05, 0.1) is 73.7 Å². The molecule has 10 rings (SSSR count). The Morgan fingerprint density at radius 1 is 0.292 bits per heavy atom. The molecule has 2 heteroatoms. The van der Waals surface area contributed by atoms with Crippen LogP contribution in [0.1, 0.15) is 0 Å². The van der Waals surface area contributed by atoms with Gasteiger partial charge in [-0.15, -0.1) is 0 Å². The molecule has 48 heavy (non-hydrogen) atoms. The van der Waals surface area contributed by atoms with Crippen LogP contribution < -0.4 is 0 Å². The van der Waals surface area contributed by atoms with E-state index >= 15 is 0 Å². The maximum atomic E-state index is 2.38. The second kappa shape index (κ2) is 11.0. The van der Waals surface area contributed by atoms with E-state index in [0.29, 0.717) is 0 Å². The summed E-state index contributed by atoms with van der Waals surface area (Å²) in [6, 6.07) is 62.9. The molecule has 0 N–H and O–H groups in total. The third-order valence-electron chi connectivity index (χ3n) is 9.71. The first kappa shape index (κ1) is 27.6. The molecule has 0 spiro atoms. The van der Waals surface area contributed by atoms with E-state index < -0.39 is 0 Å². The molecule has 2 aromatic heterocycles. The second-order valence-corrected chi connectivity index (χ2v) is 14.5. The highest BCUT2D eigenvalue weighted by molar-refractivity contribution is 7.25. The van der Waals surface area contributed by atoms with Gasteiger partial charge < -0.3 is 0 Å². The molecule has 10 aromatic rings. The van der Waals surface area contributed by atoms with E-state index in [2.05, 4.69) is 170 Å². The zero-order valence-electron chi connectivity index (χ0n) is 26.0. The zero-order chi connectivity index (χ0) is 31.6. The van der Waals surface area contributed by atoms with Crippen molar-refractivity contribution in [1.82, 2.24) is 0 Å². The van der Waals surface area contributed by atoms with Gasteiger partial charge >= 0.3 is 0 Å². The largest absolute Gasteiger partial charge is 0.0864 e. The quantitative estimate of drug-likeness (QED) is 0.133. The Morgan fingerprint density at radius 3 is 0.979 bits per heavy atom. The Hall–Kier alpha value is -5.54. The van der Waals surface area contributed by atoms with Gasteiger partial charge in [0.2, 0.25) is 0 Å². The lowest BCUT2D eigenvalue weighted by molar-refractivity contribution is 1.66. The molecule has 0 amide bonds. The highest BCUT2D eigenvalue weighted by Crippen LogP contribution is 2.51. The molecular formula is C46H28S2+2. The molecule has 0 aliphatic rings. The van der Waals surface area contributed by atoms with Crippen LogP contribution >= 0.6 is 22.7 Å². The van der Waals surface area contributed by atoms with Crippen molar-refractivity contribution >= 4 is 84.6 Å². The van der Waals surface area contributed by atoms with E-state index in [1.807, 2.05) is 22.7 Å². The molecule has 0 nitrogen and oxygen atoms in total. The van der Waals surface area contributed by atoms with E-state index in [1.54, 1.807) is 0 Å². The van der Waals surface area contributed by atoms with Crippen LogP contribution in [0.25, 0.3) is 95.3 Å². The van der Waals surface area contributed by atoms with Crippen LogP contribution in [-0.4, -0.2) is 0 Å². The molecule has 2 heterocycles. The second-order valence-electron chi connectivity index (χ2n) is 12.4. The summed E-state index contributed by atoms with van der Waals surface area (Å²) in [4.78, 5) is 0. The fourth-order valence-corrected chi connectivity index (χ4v) is 9.84. The van der Waals surface area contributed by atoms with Crippen LogP contribution in [0.2, 0.25) is 0 Å². The monoisotopic (exact) mass is 644 g/mol. The normalized spacial score (nSPS) is 11.8. The van der Waals surface area contributed by atoms with Gasteiger partial charge in [-0.05, 0) is 144 Å². The predicted octanol–water partition coefficient (Wildman–Crippen LogP) is 14.3. The van der Waals surface area contributed by atoms with Crippen LogP contribution in [-0.2, 0) is 0 Å². The summed E-state index contributed by atoms with van der Waals surface area (Å²) < 4.78 is 5.19. The lowest BCUT2D eigenvalue weighted by Gasteiger charge is -2.17. The summed E-state index contributed by atoms with van der Waals surface area (Å²) in [5.74, 6) is 0. The third-order valence-corrected chi connectivity index (χ3v) is 12.0. The van der Waals surface area contributed by atoms with Crippen molar-refractivity contribution in [3.8, 4) is 33.4 Å². The standard InChI is InChI=1S/C46H28S2/c1-3-15-31-29(13-1)25-27-37(43-33-17-5-9-21-39(33)47-40-22-10-6-18-34(40)43)45(31)46-32-16-4-2-14-30(32)26-28-38(46)44-35-19-7-11-23-41(35)48-42-24-12-8-20-36(42)44/h1-28H/q+2. The van der Waals surface area contributed by atoms with Crippen molar-refractivity contribution in [2.24, 2.45) is 0 Å². The van der Waals surface area contributed by atoms with Gasteiger partial charge in [-0.1, -0.05) is 59.1 Å². The maximum Gasteiger partial charge on any atom is 0.0864 e. The molecule has 0 saturated heterocycles. The topological polar surface area (TPSA) is 0 Å². The maximum absolute atomic E-state index is 2.38. The Labute approximate surface area is 286 Å². The summed E-state index contributed by atoms with van der Waals surface area (Å²) in [6.45, 7) is 0. The van der Waals surface area contributed by atoms with E-state index in [1.165, 1.54) is 95.3 Å². The minimum Gasteiger partial charge on any atom is -0.0751 e. The predicted molar refractivity (Wildman–Crippen MR) is 212 cm³/mol. The first-order chi connectivity index (χ1) is 23.8. The van der Waals surface area contributed by atoms with Gasteiger partial charge in [-0.25, -0.2) is 0 Å². The highest BCUT2D eigenvalue weighted by atomic mass is 32.1. The minimum absolute atomic E-state index is 1.24. The molecule has 0 aliphatic carbocycles. The SMILES string of the molecule is c1ccc2c(-c3c(-[c+]4c5ccccc5sc5ccccc54)ccc4ccccc34)c(-[c+]3c4ccccc4sc4ccccc43)ccc2c1. The van der Waals surface area contributed by atoms with E-state index in [0.717, 1.165) is 0 Å². The van der Waals surface area contributed by atoms with Crippen LogP contribution in [0.4, 0.5) is 0 Å². The molecule has 0 aliphatic heterocycles. The van der Waals surface area contributed by atoms with Crippen molar-refractivity contribution in [2.75, 3.05) is 0 Å². The van der Waals surface area contributed by atoms with E-state index in [4.69, 9.17) is 0 Å². The molecule has 0 bridgehead atoms. The van der Waals surface area contributed by atoms with Crippen LogP contribution in [0.5, 0.6) is 0 Å². The molecule has 222 valence electrons. The lowest BCUT2D eigenvalue weighted by atomic mass is 9.81. The van der Waals surface area contributed by atoms with Gasteiger partial charge in [-0.3, -0.25) is 0 Å². The summed E-state index contributed by atoms with van der Waals surface area (Å²) >= 11 is 3.74. The Morgan fingerprint density at radius 2 is 0.604 bits per heavy atom. The molecule has 8 aromatic carbocycles. The fraction of sp³-hybridized carbons (Fsp3) is 0. The number of hydrogen-bond donors (Lipinski definition) is 0. The summed E-state index contributed by atoms with van der Waals surface area (Å²) in [6.07, 6.45) is 0. The number of benzene rings is 8. The number of hydrogen-bond acceptors (Lipinski definition) is 2. The van der Waals surface area contributed by atoms with Crippen molar-refractivity contribution in [3.05, 3.63) is 170 Å². The van der Waals surface area contributed by atoms with Gasteiger partial charge in [0.1, 0.15) is 0 Å². The summed E-state index contributed by atoms with van der Waals surface area (Å²) in [5, 5.41) is 10.2. The first-order valence-electron chi connectivity index (χ1n) is 16.4. The van der Waals surface area contributed by atoms with E-state index in [-0.39, 0.29) is 0 Å². The van der Waals surface area contributed by atoms with Crippen molar-refractivity contribution in [3.63, 3.8) is 0 Å². The van der Waals surface area contributed by atoms with Gasteiger partial charge in [-0.2, -0.15) is 0 Å². The van der Waals surface area contributed by atoms with Crippen molar-refractivity contribution < 1.29 is 0 Å². The fourth-order valence-electron chi connectivity index (χ4n) is 7.65. The molecule has 0 unspecified atom stereocenters.